The van der Waals surface area contributed by atoms with E-state index in [1.165, 1.54) is 143 Å². The number of rotatable bonds is 2. The molecular formula is C70H85BN2. The van der Waals surface area contributed by atoms with Gasteiger partial charge in [-0.1, -0.05) is 187 Å². The minimum absolute atomic E-state index is 0.0234. The van der Waals surface area contributed by atoms with Gasteiger partial charge in [0.1, 0.15) is 0 Å². The summed E-state index contributed by atoms with van der Waals surface area (Å²) in [4.78, 5) is 5.57. The second-order valence-corrected chi connectivity index (χ2v) is 30.7. The van der Waals surface area contributed by atoms with Gasteiger partial charge >= 0.3 is 0 Å². The molecule has 2 nitrogen and oxygen atoms in total. The molecule has 4 aliphatic carbocycles. The van der Waals surface area contributed by atoms with E-state index >= 15 is 0 Å². The van der Waals surface area contributed by atoms with Gasteiger partial charge in [0.2, 0.25) is 0 Å². The summed E-state index contributed by atoms with van der Waals surface area (Å²) in [5, 5.41) is 0. The molecule has 73 heavy (non-hydrogen) atoms. The lowest BCUT2D eigenvalue weighted by molar-refractivity contribution is 0.332. The monoisotopic (exact) mass is 965 g/mol. The van der Waals surface area contributed by atoms with Crippen LogP contribution in [-0.2, 0) is 48.7 Å². The highest BCUT2D eigenvalue weighted by atomic mass is 15.2. The first kappa shape index (κ1) is 48.9. The van der Waals surface area contributed by atoms with Crippen LogP contribution in [0.3, 0.4) is 0 Å². The maximum atomic E-state index is 2.80. The van der Waals surface area contributed by atoms with Crippen molar-refractivity contribution in [3.8, 4) is 11.1 Å². The van der Waals surface area contributed by atoms with Crippen molar-refractivity contribution in [2.24, 2.45) is 0 Å². The summed E-state index contributed by atoms with van der Waals surface area (Å²) in [6, 6.07) is 38.2. The zero-order valence-corrected chi connectivity index (χ0v) is 48.7. The van der Waals surface area contributed by atoms with Gasteiger partial charge in [-0.3, -0.25) is 0 Å². The fourth-order valence-electron chi connectivity index (χ4n) is 15.9. The van der Waals surface area contributed by atoms with Crippen molar-refractivity contribution in [1.29, 1.82) is 0 Å². The first-order valence-electron chi connectivity index (χ1n) is 28.3. The number of benzene rings is 6. The molecule has 0 unspecified atom stereocenters. The first-order valence-corrected chi connectivity index (χ1v) is 28.3. The molecule has 378 valence electrons. The van der Waals surface area contributed by atoms with Gasteiger partial charge in [-0.05, 0) is 195 Å². The van der Waals surface area contributed by atoms with Crippen LogP contribution in [-0.4, -0.2) is 6.71 Å². The smallest absolute Gasteiger partial charge is 0.252 e. The Hall–Kier alpha value is -5.02. The van der Waals surface area contributed by atoms with Crippen LogP contribution in [0.25, 0.3) is 11.1 Å². The molecule has 2 heterocycles. The summed E-state index contributed by atoms with van der Waals surface area (Å²) >= 11 is 0. The average molecular weight is 965 g/mol. The molecule has 0 atom stereocenters. The molecule has 0 radical (unpaired) electrons. The molecule has 12 rings (SSSR count). The Morgan fingerprint density at radius 1 is 0.411 bits per heavy atom. The predicted molar refractivity (Wildman–Crippen MR) is 317 cm³/mol. The van der Waals surface area contributed by atoms with Crippen LogP contribution in [0, 0.1) is 0 Å². The third-order valence-electron chi connectivity index (χ3n) is 20.2. The van der Waals surface area contributed by atoms with E-state index in [4.69, 9.17) is 0 Å². The van der Waals surface area contributed by atoms with E-state index in [1.54, 1.807) is 0 Å². The molecule has 0 bridgehead atoms. The Kier molecular flexibility index (Phi) is 9.83. The van der Waals surface area contributed by atoms with Crippen LogP contribution in [0.15, 0.2) is 91.0 Å². The lowest BCUT2D eigenvalue weighted by Crippen LogP contribution is -2.62. The van der Waals surface area contributed by atoms with E-state index in [1.807, 2.05) is 0 Å². The second kappa shape index (κ2) is 14.7. The first-order chi connectivity index (χ1) is 33.7. The molecule has 0 amide bonds. The highest BCUT2D eigenvalue weighted by Gasteiger charge is 2.52. The van der Waals surface area contributed by atoms with Crippen molar-refractivity contribution in [3.05, 3.63) is 147 Å². The van der Waals surface area contributed by atoms with Gasteiger partial charge in [0.05, 0.1) is 5.69 Å². The Balaban J connectivity index is 1.27. The Morgan fingerprint density at radius 3 is 1.45 bits per heavy atom. The molecule has 0 saturated carbocycles. The van der Waals surface area contributed by atoms with Crippen LogP contribution in [0.4, 0.5) is 34.1 Å². The van der Waals surface area contributed by atoms with Crippen LogP contribution in [0.5, 0.6) is 0 Å². The molecule has 0 spiro atoms. The molecular weight excluding hydrogens is 880 g/mol. The van der Waals surface area contributed by atoms with Crippen molar-refractivity contribution >= 4 is 57.2 Å². The Bertz CT molecular complexity index is 3390. The molecule has 2 aliphatic heterocycles. The summed E-state index contributed by atoms with van der Waals surface area (Å²) < 4.78 is 0. The van der Waals surface area contributed by atoms with Crippen LogP contribution >= 0.6 is 0 Å². The fraction of sp³-hybridized carbons (Fsp3) is 0.486. The standard InChI is InChI=1S/C70H85BN2/c1-62(2,3)41-33-57-61-58(34-41)73(54-28-27-46(63(4,5)6)60-59(54)43-23-21-22-24-44(43)70(60,19)20)56-39-51-49(68(15,16)40-69(51,17)18)37-53(56)71(61)52-36-48-50(67(13,14)32-31-66(48,11)12)38-55(52)72(57)42-25-26-45-47(35-42)65(9,10)30-29-64(45,7)8/h21-28,33-39H,29-32,40H2,1-20H3. The second-order valence-electron chi connectivity index (χ2n) is 30.7. The molecule has 0 N–H and O–H groups in total. The van der Waals surface area contributed by atoms with Crippen molar-refractivity contribution in [2.75, 3.05) is 9.80 Å². The van der Waals surface area contributed by atoms with Crippen molar-refractivity contribution in [2.45, 2.75) is 219 Å². The van der Waals surface area contributed by atoms with E-state index in [-0.39, 0.29) is 55.4 Å². The maximum absolute atomic E-state index is 2.80. The Labute approximate surface area is 441 Å². The number of fused-ring (bicyclic) bond motifs is 10. The van der Waals surface area contributed by atoms with E-state index < -0.39 is 0 Å². The van der Waals surface area contributed by atoms with Crippen molar-refractivity contribution in [1.82, 2.24) is 0 Å². The fourth-order valence-corrected chi connectivity index (χ4v) is 15.9. The van der Waals surface area contributed by atoms with Crippen LogP contribution < -0.4 is 26.2 Å². The molecule has 0 aromatic heterocycles. The summed E-state index contributed by atoms with van der Waals surface area (Å²) in [6.07, 6.45) is 5.87. The van der Waals surface area contributed by atoms with E-state index in [0.29, 0.717) is 0 Å². The average Bonchev–Trinajstić information content (AvgIpc) is 3.64. The lowest BCUT2D eigenvalue weighted by atomic mass is 9.32. The van der Waals surface area contributed by atoms with Gasteiger partial charge < -0.3 is 9.80 Å². The zero-order chi connectivity index (χ0) is 52.5. The van der Waals surface area contributed by atoms with Gasteiger partial charge in [-0.25, -0.2) is 0 Å². The third-order valence-corrected chi connectivity index (χ3v) is 20.2. The minimum Gasteiger partial charge on any atom is -0.311 e. The topological polar surface area (TPSA) is 6.48 Å². The molecule has 3 heteroatoms. The molecule has 6 aromatic carbocycles. The largest absolute Gasteiger partial charge is 0.311 e. The minimum atomic E-state index is -0.174. The lowest BCUT2D eigenvalue weighted by Gasteiger charge is -2.48. The summed E-state index contributed by atoms with van der Waals surface area (Å²) in [5.74, 6) is 0. The zero-order valence-electron chi connectivity index (χ0n) is 48.7. The highest BCUT2D eigenvalue weighted by Crippen LogP contribution is 2.60. The van der Waals surface area contributed by atoms with Crippen molar-refractivity contribution < 1.29 is 0 Å². The van der Waals surface area contributed by atoms with E-state index in [9.17, 15) is 0 Å². The number of nitrogens with zero attached hydrogens (tertiary/aromatic N) is 2. The van der Waals surface area contributed by atoms with Crippen LogP contribution in [0.2, 0.25) is 0 Å². The van der Waals surface area contributed by atoms with E-state index in [0.717, 1.165) is 6.42 Å². The quantitative estimate of drug-likeness (QED) is 0.159. The molecule has 6 aliphatic rings. The molecule has 6 aromatic rings. The Morgan fingerprint density at radius 2 is 0.890 bits per heavy atom. The highest BCUT2D eigenvalue weighted by molar-refractivity contribution is 7.00. The van der Waals surface area contributed by atoms with Gasteiger partial charge in [0, 0.05) is 39.4 Å². The van der Waals surface area contributed by atoms with E-state index in [2.05, 4.69) is 239 Å². The SMILES string of the molecule is CC(C)(C)c1cc2c3c(c1)N(c1ccc(C(C)(C)C)c4c1-c1ccccc1C4(C)C)c1cc4c(cc1B3c1cc3c(cc1N2c1ccc2c(c1)C(C)(C)CCC2(C)C)C(C)(C)CCC3(C)C)C(C)(C)CC4(C)C. The van der Waals surface area contributed by atoms with Crippen LogP contribution in [0.1, 0.15) is 226 Å². The molecule has 0 fully saturated rings. The summed E-state index contributed by atoms with van der Waals surface area (Å²) in [5.41, 5.74) is 29.9. The molecule has 0 saturated heterocycles. The summed E-state index contributed by atoms with van der Waals surface area (Å²) in [6.45, 7) is 49.5. The number of anilines is 6. The van der Waals surface area contributed by atoms with Crippen molar-refractivity contribution in [3.63, 3.8) is 0 Å². The number of hydrogen-bond donors (Lipinski definition) is 0. The van der Waals surface area contributed by atoms with Gasteiger partial charge in [0.25, 0.3) is 6.71 Å². The normalized spacial score (nSPS) is 21.3. The third kappa shape index (κ3) is 6.80. The number of hydrogen-bond acceptors (Lipinski definition) is 2. The predicted octanol–water partition coefficient (Wildman–Crippen LogP) is 17.3. The maximum Gasteiger partial charge on any atom is 0.252 e. The van der Waals surface area contributed by atoms with Gasteiger partial charge in [0.15, 0.2) is 0 Å². The van der Waals surface area contributed by atoms with Gasteiger partial charge in [-0.15, -0.1) is 0 Å². The summed E-state index contributed by atoms with van der Waals surface area (Å²) in [7, 11) is 0. The van der Waals surface area contributed by atoms with Gasteiger partial charge in [-0.2, -0.15) is 0 Å².